The summed E-state index contributed by atoms with van der Waals surface area (Å²) in [7, 11) is -4.03. The molecule has 34 heavy (non-hydrogen) atoms. The summed E-state index contributed by atoms with van der Waals surface area (Å²) in [6.45, 7) is 2.72. The molecular formula is C23H25F2N3O5S. The summed E-state index contributed by atoms with van der Waals surface area (Å²) in [5.74, 6) is -1.12. The lowest BCUT2D eigenvalue weighted by Gasteiger charge is -2.22. The van der Waals surface area contributed by atoms with E-state index in [0.717, 1.165) is 4.31 Å². The molecule has 0 amide bonds. The molecule has 1 N–H and O–H groups in total. The number of alkyl halides is 1. The van der Waals surface area contributed by atoms with Gasteiger partial charge in [0.05, 0.1) is 40.7 Å². The number of hydrogen-bond donors (Lipinski definition) is 1. The molecule has 0 radical (unpaired) electrons. The van der Waals surface area contributed by atoms with Gasteiger partial charge in [-0.25, -0.2) is 17.2 Å². The second kappa shape index (κ2) is 9.30. The van der Waals surface area contributed by atoms with E-state index >= 15 is 0 Å². The Bertz CT molecular complexity index is 1310. The zero-order valence-corrected chi connectivity index (χ0v) is 19.5. The molecule has 1 fully saturated rings. The molecule has 1 saturated heterocycles. The van der Waals surface area contributed by atoms with Gasteiger partial charge in [-0.05, 0) is 62.7 Å². The maximum Gasteiger partial charge on any atom is 0.309 e. The normalized spacial score (nSPS) is 19.2. The minimum absolute atomic E-state index is 0.00522. The van der Waals surface area contributed by atoms with Crippen molar-refractivity contribution in [2.45, 2.75) is 49.8 Å². The zero-order valence-electron chi connectivity index (χ0n) is 18.7. The highest BCUT2D eigenvalue weighted by atomic mass is 32.2. The van der Waals surface area contributed by atoms with E-state index in [1.165, 1.54) is 35.0 Å². The number of carboxylic acids is 1. The molecule has 0 unspecified atom stereocenters. The Kier molecular flexibility index (Phi) is 6.59. The number of aliphatic carboxylic acids is 1. The summed E-state index contributed by atoms with van der Waals surface area (Å²) < 4.78 is 62.7. The first kappa shape index (κ1) is 24.1. The molecule has 0 saturated carbocycles. The second-order valence-corrected chi connectivity index (χ2v) is 10.4. The first-order valence-electron chi connectivity index (χ1n) is 10.8. The third kappa shape index (κ3) is 4.62. The fourth-order valence-electron chi connectivity index (χ4n) is 4.30. The van der Waals surface area contributed by atoms with Gasteiger partial charge in [-0.2, -0.15) is 9.40 Å². The Balaban J connectivity index is 1.67. The predicted octanol–water partition coefficient (Wildman–Crippen LogP) is 3.56. The van der Waals surface area contributed by atoms with E-state index in [1.807, 2.05) is 13.8 Å². The van der Waals surface area contributed by atoms with Crippen molar-refractivity contribution >= 4 is 26.9 Å². The first-order chi connectivity index (χ1) is 16.1. The fourth-order valence-corrected chi connectivity index (χ4v) is 5.95. The Morgan fingerprint density at radius 2 is 1.94 bits per heavy atom. The third-order valence-corrected chi connectivity index (χ3v) is 7.67. The van der Waals surface area contributed by atoms with E-state index in [0.29, 0.717) is 16.7 Å². The van der Waals surface area contributed by atoms with Crippen molar-refractivity contribution in [3.05, 3.63) is 54.0 Å². The molecule has 1 aliphatic rings. The highest BCUT2D eigenvalue weighted by Gasteiger charge is 2.42. The standard InChI is InChI=1S/C23H25F2N3O5S/c1-14(2)33-18-4-6-19(7-5-18)34(31,32)27-13-17(10-16(27)12-24)28-22-9-15(25)3-8-20(22)21(26-28)11-23(29)30/h3-9,14,16-17H,10-13H2,1-2H3,(H,29,30)/t16-,17+/m0/s1. The fraction of sp³-hybridized carbons (Fsp3) is 0.391. The van der Waals surface area contributed by atoms with E-state index in [1.54, 1.807) is 12.1 Å². The van der Waals surface area contributed by atoms with Gasteiger partial charge >= 0.3 is 5.97 Å². The summed E-state index contributed by atoms with van der Waals surface area (Å²) >= 11 is 0. The number of fused-ring (bicyclic) bond motifs is 1. The Morgan fingerprint density at radius 1 is 1.24 bits per heavy atom. The molecule has 2 aromatic carbocycles. The highest BCUT2D eigenvalue weighted by molar-refractivity contribution is 7.89. The zero-order chi connectivity index (χ0) is 24.6. The minimum Gasteiger partial charge on any atom is -0.491 e. The molecule has 2 heterocycles. The lowest BCUT2D eigenvalue weighted by Crippen LogP contribution is -2.37. The quantitative estimate of drug-likeness (QED) is 0.515. The monoisotopic (exact) mass is 493 g/mol. The number of aromatic nitrogens is 2. The Hall–Kier alpha value is -3.05. The van der Waals surface area contributed by atoms with Crippen LogP contribution in [0.2, 0.25) is 0 Å². The number of hydrogen-bond acceptors (Lipinski definition) is 5. The van der Waals surface area contributed by atoms with Crippen LogP contribution in [0.25, 0.3) is 10.9 Å². The topological polar surface area (TPSA) is 102 Å². The van der Waals surface area contributed by atoms with Gasteiger partial charge in [0.15, 0.2) is 0 Å². The van der Waals surface area contributed by atoms with Crippen LogP contribution in [0.5, 0.6) is 5.75 Å². The van der Waals surface area contributed by atoms with E-state index < -0.39 is 40.6 Å². The average molecular weight is 494 g/mol. The second-order valence-electron chi connectivity index (χ2n) is 8.53. The van der Waals surface area contributed by atoms with Crippen molar-refractivity contribution in [1.82, 2.24) is 14.1 Å². The largest absolute Gasteiger partial charge is 0.491 e. The molecule has 3 aromatic rings. The van der Waals surface area contributed by atoms with E-state index in [2.05, 4.69) is 5.10 Å². The van der Waals surface area contributed by atoms with Crippen LogP contribution in [0, 0.1) is 5.82 Å². The number of halogens is 2. The van der Waals surface area contributed by atoms with Crippen molar-refractivity contribution in [3.8, 4) is 5.75 Å². The number of carboxylic acid groups (broad SMARTS) is 1. The molecule has 2 atom stereocenters. The molecule has 0 aliphatic carbocycles. The number of sulfonamides is 1. The number of ether oxygens (including phenoxy) is 1. The molecule has 182 valence electrons. The maximum atomic E-state index is 14.0. The summed E-state index contributed by atoms with van der Waals surface area (Å²) in [5.41, 5.74) is 0.578. The van der Waals surface area contributed by atoms with Gasteiger partial charge in [0.2, 0.25) is 10.0 Å². The molecular weight excluding hydrogens is 468 g/mol. The number of nitrogens with zero attached hydrogens (tertiary/aromatic N) is 3. The van der Waals surface area contributed by atoms with Crippen molar-refractivity contribution < 1.29 is 31.8 Å². The van der Waals surface area contributed by atoms with Gasteiger partial charge in [0.1, 0.15) is 18.2 Å². The minimum atomic E-state index is -4.03. The lowest BCUT2D eigenvalue weighted by atomic mass is 10.1. The molecule has 1 aliphatic heterocycles. The molecule has 8 nitrogen and oxygen atoms in total. The van der Waals surface area contributed by atoms with Crippen LogP contribution in [0.1, 0.15) is 32.0 Å². The van der Waals surface area contributed by atoms with E-state index in [-0.39, 0.29) is 36.1 Å². The van der Waals surface area contributed by atoms with Gasteiger partial charge in [0, 0.05) is 11.9 Å². The Labute approximate surface area is 195 Å². The third-order valence-electron chi connectivity index (χ3n) is 5.73. The SMILES string of the molecule is CC(C)Oc1ccc(S(=O)(=O)N2C[C@H](n3nc(CC(=O)O)c4ccc(F)cc43)C[C@H]2CF)cc1. The maximum absolute atomic E-state index is 14.0. The van der Waals surface area contributed by atoms with Crippen LogP contribution < -0.4 is 4.74 Å². The van der Waals surface area contributed by atoms with Crippen LogP contribution in [-0.2, 0) is 21.2 Å². The number of rotatable bonds is 8. The van der Waals surface area contributed by atoms with Crippen molar-refractivity contribution in [1.29, 1.82) is 0 Å². The van der Waals surface area contributed by atoms with Gasteiger partial charge in [-0.3, -0.25) is 9.48 Å². The van der Waals surface area contributed by atoms with Gasteiger partial charge < -0.3 is 9.84 Å². The van der Waals surface area contributed by atoms with Crippen LogP contribution in [0.15, 0.2) is 47.4 Å². The molecule has 1 aromatic heterocycles. The lowest BCUT2D eigenvalue weighted by molar-refractivity contribution is -0.136. The van der Waals surface area contributed by atoms with Crippen molar-refractivity contribution in [2.24, 2.45) is 0 Å². The van der Waals surface area contributed by atoms with E-state index in [9.17, 15) is 27.1 Å². The van der Waals surface area contributed by atoms with Crippen molar-refractivity contribution in [3.63, 3.8) is 0 Å². The summed E-state index contributed by atoms with van der Waals surface area (Å²) in [5, 5.41) is 14.0. The van der Waals surface area contributed by atoms with Gasteiger partial charge in [0.25, 0.3) is 0 Å². The van der Waals surface area contributed by atoms with Crippen LogP contribution >= 0.6 is 0 Å². The van der Waals surface area contributed by atoms with E-state index in [4.69, 9.17) is 4.74 Å². The van der Waals surface area contributed by atoms with Crippen molar-refractivity contribution in [2.75, 3.05) is 13.2 Å². The van der Waals surface area contributed by atoms with Crippen LogP contribution in [-0.4, -0.2) is 58.9 Å². The smallest absolute Gasteiger partial charge is 0.309 e. The predicted molar refractivity (Wildman–Crippen MR) is 121 cm³/mol. The van der Waals surface area contributed by atoms with Gasteiger partial charge in [-0.15, -0.1) is 0 Å². The van der Waals surface area contributed by atoms with Crippen LogP contribution in [0.4, 0.5) is 8.78 Å². The molecule has 0 bridgehead atoms. The number of carbonyl (C=O) groups is 1. The first-order valence-corrected chi connectivity index (χ1v) is 12.3. The summed E-state index contributed by atoms with van der Waals surface area (Å²) in [6.07, 6.45) is -0.330. The van der Waals surface area contributed by atoms with Crippen LogP contribution in [0.3, 0.4) is 0 Å². The summed E-state index contributed by atoms with van der Waals surface area (Å²) in [6, 6.07) is 8.29. The highest BCUT2D eigenvalue weighted by Crippen LogP contribution is 2.35. The summed E-state index contributed by atoms with van der Waals surface area (Å²) in [4.78, 5) is 11.3. The number of benzene rings is 2. The molecule has 11 heteroatoms. The Morgan fingerprint density at radius 3 is 2.56 bits per heavy atom. The molecule has 4 rings (SSSR count). The molecule has 0 spiro atoms. The van der Waals surface area contributed by atoms with Gasteiger partial charge in [-0.1, -0.05) is 0 Å². The average Bonchev–Trinajstić information content (AvgIpc) is 3.35.